The molecule has 0 radical (unpaired) electrons. The molecular weight excluding hydrogens is 240 g/mol. The molecule has 2 N–H and O–H groups in total. The van der Waals surface area contributed by atoms with Gasteiger partial charge in [-0.05, 0) is 25.8 Å². The molecule has 0 aliphatic rings. The molecule has 0 aliphatic carbocycles. The highest BCUT2D eigenvalue weighted by atomic mass is 16.5. The van der Waals surface area contributed by atoms with Crippen LogP contribution in [0.25, 0.3) is 0 Å². The lowest BCUT2D eigenvalue weighted by molar-refractivity contribution is 0.234. The third kappa shape index (κ3) is 5.20. The Hall–Kier alpha value is -1.71. The number of para-hydroxylation sites is 1. The Morgan fingerprint density at radius 1 is 1.26 bits per heavy atom. The fraction of sp³-hybridized carbons (Fsp3) is 0.533. The zero-order valence-electron chi connectivity index (χ0n) is 12.2. The summed E-state index contributed by atoms with van der Waals surface area (Å²) in [6.45, 7) is 9.19. The maximum Gasteiger partial charge on any atom is 0.315 e. The van der Waals surface area contributed by atoms with Gasteiger partial charge in [0, 0.05) is 18.2 Å². The van der Waals surface area contributed by atoms with Crippen LogP contribution < -0.4 is 15.4 Å². The second-order valence-electron chi connectivity index (χ2n) is 4.90. The molecule has 1 rings (SSSR count). The quantitative estimate of drug-likeness (QED) is 0.830. The summed E-state index contributed by atoms with van der Waals surface area (Å²) in [5, 5.41) is 5.76. The van der Waals surface area contributed by atoms with Crippen molar-refractivity contribution in [3.63, 3.8) is 0 Å². The number of urea groups is 1. The molecule has 2 amide bonds. The molecule has 0 bridgehead atoms. The molecular formula is C15H24N2O2. The fourth-order valence-electron chi connectivity index (χ4n) is 1.55. The van der Waals surface area contributed by atoms with E-state index in [2.05, 4.69) is 24.5 Å². The number of carbonyl (C=O) groups is 1. The number of hydrogen-bond acceptors (Lipinski definition) is 2. The van der Waals surface area contributed by atoms with Gasteiger partial charge in [0.1, 0.15) is 5.75 Å². The fourth-order valence-corrected chi connectivity index (χ4v) is 1.55. The number of benzene rings is 1. The Balaban J connectivity index is 2.50. The van der Waals surface area contributed by atoms with Crippen LogP contribution in [0.1, 0.15) is 33.3 Å². The predicted octanol–water partition coefficient (Wildman–Crippen LogP) is 2.93. The van der Waals surface area contributed by atoms with Gasteiger partial charge in [0.05, 0.1) is 6.61 Å². The summed E-state index contributed by atoms with van der Waals surface area (Å²) >= 11 is 0. The third-order valence-electron chi connectivity index (χ3n) is 3.07. The number of rotatable bonds is 6. The summed E-state index contributed by atoms with van der Waals surface area (Å²) in [4.78, 5) is 11.7. The molecule has 0 saturated heterocycles. The predicted molar refractivity (Wildman–Crippen MR) is 77.3 cm³/mol. The Bertz CT molecular complexity index is 405. The molecule has 0 fully saturated rings. The van der Waals surface area contributed by atoms with E-state index in [0.717, 1.165) is 11.3 Å². The Morgan fingerprint density at radius 2 is 1.95 bits per heavy atom. The average molecular weight is 264 g/mol. The first kappa shape index (κ1) is 15.3. The molecule has 0 spiro atoms. The molecule has 4 heteroatoms. The SMILES string of the molecule is CCOc1ccccc1CNC(=O)NC(C)C(C)C. The summed E-state index contributed by atoms with van der Waals surface area (Å²) in [6, 6.07) is 7.74. The molecule has 1 aromatic carbocycles. The molecule has 4 nitrogen and oxygen atoms in total. The monoisotopic (exact) mass is 264 g/mol. The zero-order valence-corrected chi connectivity index (χ0v) is 12.2. The highest BCUT2D eigenvalue weighted by Gasteiger charge is 2.10. The first-order valence-corrected chi connectivity index (χ1v) is 6.79. The summed E-state index contributed by atoms with van der Waals surface area (Å²) in [7, 11) is 0. The van der Waals surface area contributed by atoms with E-state index >= 15 is 0 Å². The lowest BCUT2D eigenvalue weighted by Gasteiger charge is -2.18. The number of ether oxygens (including phenoxy) is 1. The number of amides is 2. The standard InChI is InChI=1S/C15H24N2O2/c1-5-19-14-9-7-6-8-13(14)10-16-15(18)17-12(4)11(2)3/h6-9,11-12H,5,10H2,1-4H3,(H2,16,17,18). The van der Waals surface area contributed by atoms with Crippen LogP contribution in [-0.4, -0.2) is 18.7 Å². The van der Waals surface area contributed by atoms with E-state index in [1.165, 1.54) is 0 Å². The first-order chi connectivity index (χ1) is 9.04. The summed E-state index contributed by atoms with van der Waals surface area (Å²) in [6.07, 6.45) is 0. The van der Waals surface area contributed by atoms with Gasteiger partial charge in [0.15, 0.2) is 0 Å². The Kier molecular flexibility index (Phi) is 6.19. The van der Waals surface area contributed by atoms with Crippen LogP contribution in [0, 0.1) is 5.92 Å². The molecule has 1 aromatic rings. The van der Waals surface area contributed by atoms with Crippen molar-refractivity contribution in [3.05, 3.63) is 29.8 Å². The van der Waals surface area contributed by atoms with Crippen molar-refractivity contribution in [2.24, 2.45) is 5.92 Å². The van der Waals surface area contributed by atoms with Crippen LogP contribution >= 0.6 is 0 Å². The van der Waals surface area contributed by atoms with E-state index in [9.17, 15) is 4.79 Å². The summed E-state index contributed by atoms with van der Waals surface area (Å²) < 4.78 is 5.52. The molecule has 0 aliphatic heterocycles. The van der Waals surface area contributed by atoms with Gasteiger partial charge in [-0.25, -0.2) is 4.79 Å². The molecule has 1 unspecified atom stereocenters. The minimum absolute atomic E-state index is 0.146. The van der Waals surface area contributed by atoms with Crippen LogP contribution in [0.15, 0.2) is 24.3 Å². The minimum Gasteiger partial charge on any atom is -0.494 e. The molecule has 19 heavy (non-hydrogen) atoms. The van der Waals surface area contributed by atoms with Gasteiger partial charge in [0.25, 0.3) is 0 Å². The minimum atomic E-state index is -0.146. The zero-order chi connectivity index (χ0) is 14.3. The second-order valence-corrected chi connectivity index (χ2v) is 4.90. The van der Waals surface area contributed by atoms with Gasteiger partial charge in [-0.1, -0.05) is 32.0 Å². The van der Waals surface area contributed by atoms with Crippen molar-refractivity contribution in [3.8, 4) is 5.75 Å². The van der Waals surface area contributed by atoms with Crippen molar-refractivity contribution < 1.29 is 9.53 Å². The normalized spacial score (nSPS) is 12.1. The Morgan fingerprint density at radius 3 is 2.58 bits per heavy atom. The lowest BCUT2D eigenvalue weighted by Crippen LogP contribution is -2.42. The first-order valence-electron chi connectivity index (χ1n) is 6.79. The van der Waals surface area contributed by atoms with Crippen molar-refractivity contribution >= 4 is 6.03 Å². The van der Waals surface area contributed by atoms with Crippen molar-refractivity contribution in [1.82, 2.24) is 10.6 Å². The van der Waals surface area contributed by atoms with Crippen LogP contribution in [0.2, 0.25) is 0 Å². The van der Waals surface area contributed by atoms with Gasteiger partial charge < -0.3 is 15.4 Å². The van der Waals surface area contributed by atoms with Gasteiger partial charge in [-0.3, -0.25) is 0 Å². The second kappa shape index (κ2) is 7.67. The molecule has 0 aromatic heterocycles. The highest BCUT2D eigenvalue weighted by molar-refractivity contribution is 5.74. The van der Waals surface area contributed by atoms with E-state index in [1.807, 2.05) is 38.1 Å². The van der Waals surface area contributed by atoms with Crippen LogP contribution in [0.4, 0.5) is 4.79 Å². The number of nitrogens with one attached hydrogen (secondary N) is 2. The smallest absolute Gasteiger partial charge is 0.315 e. The lowest BCUT2D eigenvalue weighted by atomic mass is 10.1. The van der Waals surface area contributed by atoms with Gasteiger partial charge >= 0.3 is 6.03 Å². The molecule has 106 valence electrons. The van der Waals surface area contributed by atoms with E-state index in [0.29, 0.717) is 19.1 Å². The van der Waals surface area contributed by atoms with Crippen LogP contribution in [-0.2, 0) is 6.54 Å². The average Bonchev–Trinajstić information content (AvgIpc) is 2.38. The van der Waals surface area contributed by atoms with Crippen LogP contribution in [0.3, 0.4) is 0 Å². The molecule has 0 heterocycles. The number of carbonyl (C=O) groups excluding carboxylic acids is 1. The largest absolute Gasteiger partial charge is 0.494 e. The summed E-state index contributed by atoms with van der Waals surface area (Å²) in [5.74, 6) is 1.24. The number of hydrogen-bond donors (Lipinski definition) is 2. The van der Waals surface area contributed by atoms with Crippen molar-refractivity contribution in [2.75, 3.05) is 6.61 Å². The third-order valence-corrected chi connectivity index (χ3v) is 3.07. The van der Waals surface area contributed by atoms with Gasteiger partial charge in [0.2, 0.25) is 0 Å². The van der Waals surface area contributed by atoms with Crippen LogP contribution in [0.5, 0.6) is 5.75 Å². The molecule has 0 saturated carbocycles. The van der Waals surface area contributed by atoms with E-state index in [1.54, 1.807) is 0 Å². The molecule has 1 atom stereocenters. The van der Waals surface area contributed by atoms with Crippen molar-refractivity contribution in [2.45, 2.75) is 40.3 Å². The van der Waals surface area contributed by atoms with Gasteiger partial charge in [-0.15, -0.1) is 0 Å². The van der Waals surface area contributed by atoms with E-state index in [-0.39, 0.29) is 12.1 Å². The maximum atomic E-state index is 11.7. The van der Waals surface area contributed by atoms with Gasteiger partial charge in [-0.2, -0.15) is 0 Å². The topological polar surface area (TPSA) is 50.4 Å². The van der Waals surface area contributed by atoms with Crippen molar-refractivity contribution in [1.29, 1.82) is 0 Å². The Labute approximate surface area is 115 Å². The summed E-state index contributed by atoms with van der Waals surface area (Å²) in [5.41, 5.74) is 0.983. The maximum absolute atomic E-state index is 11.7. The van der Waals surface area contributed by atoms with E-state index in [4.69, 9.17) is 4.74 Å². The highest BCUT2D eigenvalue weighted by Crippen LogP contribution is 2.17. The van der Waals surface area contributed by atoms with E-state index < -0.39 is 0 Å².